The molecule has 0 aliphatic carbocycles. The maximum absolute atomic E-state index is 4.45. The van der Waals surface area contributed by atoms with E-state index in [2.05, 4.69) is 47.1 Å². The van der Waals surface area contributed by atoms with Crippen molar-refractivity contribution in [3.05, 3.63) is 35.9 Å². The van der Waals surface area contributed by atoms with Gasteiger partial charge < -0.3 is 4.90 Å². The molecular weight excluding hydrogens is 294 g/mol. The van der Waals surface area contributed by atoms with Crippen molar-refractivity contribution in [1.29, 1.82) is 0 Å². The molecule has 5 nitrogen and oxygen atoms in total. The third-order valence-electron chi connectivity index (χ3n) is 3.56. The van der Waals surface area contributed by atoms with Crippen LogP contribution in [-0.4, -0.2) is 43.5 Å². The number of thioether (sulfide) groups is 1. The first-order chi connectivity index (χ1) is 10.6. The summed E-state index contributed by atoms with van der Waals surface area (Å²) in [7, 11) is 4.07. The lowest BCUT2D eigenvalue weighted by Crippen LogP contribution is -2.20. The van der Waals surface area contributed by atoms with Gasteiger partial charge in [-0.25, -0.2) is 9.97 Å². The van der Waals surface area contributed by atoms with E-state index in [9.17, 15) is 0 Å². The molecule has 0 amide bonds. The first-order valence-corrected chi connectivity index (χ1v) is 8.58. The highest BCUT2D eigenvalue weighted by molar-refractivity contribution is 7.99. The molecule has 2 aromatic heterocycles. The average Bonchev–Trinajstić information content (AvgIpc) is 2.92. The van der Waals surface area contributed by atoms with E-state index in [4.69, 9.17) is 0 Å². The third kappa shape index (κ3) is 5.42. The van der Waals surface area contributed by atoms with Gasteiger partial charge in [0.1, 0.15) is 0 Å². The van der Waals surface area contributed by atoms with Gasteiger partial charge in [-0.05, 0) is 25.5 Å². The van der Waals surface area contributed by atoms with E-state index in [1.807, 2.05) is 30.3 Å². The number of aryl methyl sites for hydroxylation is 1. The fourth-order valence-corrected chi connectivity index (χ4v) is 2.81. The fourth-order valence-electron chi connectivity index (χ4n) is 2.06. The van der Waals surface area contributed by atoms with Crippen LogP contribution in [0.15, 0.2) is 29.9 Å². The molecule has 0 unspecified atom stereocenters. The summed E-state index contributed by atoms with van der Waals surface area (Å²) < 4.78 is 1.84. The number of rotatable bonds is 8. The molecule has 0 aliphatic rings. The quantitative estimate of drug-likeness (QED) is 0.553. The molecule has 6 heteroatoms. The van der Waals surface area contributed by atoms with Crippen LogP contribution in [0.25, 0.3) is 0 Å². The lowest BCUT2D eigenvalue weighted by Gasteiger charge is -2.16. The summed E-state index contributed by atoms with van der Waals surface area (Å²) in [4.78, 5) is 11.2. The van der Waals surface area contributed by atoms with Crippen LogP contribution in [0.2, 0.25) is 0 Å². The van der Waals surface area contributed by atoms with Gasteiger partial charge in [0.2, 0.25) is 0 Å². The molecular formula is C16H25N5S. The minimum absolute atomic E-state index is 0.563. The zero-order valence-corrected chi connectivity index (χ0v) is 14.7. The summed E-state index contributed by atoms with van der Waals surface area (Å²) in [6.45, 7) is 6.25. The summed E-state index contributed by atoms with van der Waals surface area (Å²) in [5.41, 5.74) is 2.42. The topological polar surface area (TPSA) is 46.8 Å². The highest BCUT2D eigenvalue weighted by Crippen LogP contribution is 2.20. The minimum atomic E-state index is 0.563. The van der Waals surface area contributed by atoms with Gasteiger partial charge >= 0.3 is 0 Å². The molecule has 0 saturated carbocycles. The molecule has 0 aromatic carbocycles. The minimum Gasteiger partial charge on any atom is -0.302 e. The zero-order chi connectivity index (χ0) is 15.9. The fraction of sp³-hybridized carbons (Fsp3) is 0.562. The molecule has 2 heterocycles. The first-order valence-electron chi connectivity index (χ1n) is 7.70. The number of nitrogens with zero attached hydrogens (tertiary/aromatic N) is 5. The van der Waals surface area contributed by atoms with Gasteiger partial charge in [-0.1, -0.05) is 25.6 Å². The van der Waals surface area contributed by atoms with E-state index in [-0.39, 0.29) is 0 Å². The largest absolute Gasteiger partial charge is 0.302 e. The lowest BCUT2D eigenvalue weighted by atomic mass is 10.2. The summed E-state index contributed by atoms with van der Waals surface area (Å²) in [6, 6.07) is 0. The predicted molar refractivity (Wildman–Crippen MR) is 90.9 cm³/mol. The Morgan fingerprint density at radius 2 is 1.95 bits per heavy atom. The standard InChI is InChI=1S/C16H25N5S/c1-5-13(2)22-16-17-8-15(9-18-16)11-20(3)7-6-14-10-19-21(4)12-14/h8-10,12-13H,5-7,11H2,1-4H3/t13-/m0/s1. The molecule has 0 aliphatic heterocycles. The molecule has 120 valence electrons. The molecule has 0 spiro atoms. The van der Waals surface area contributed by atoms with Gasteiger partial charge in [0.25, 0.3) is 0 Å². The van der Waals surface area contributed by atoms with E-state index in [0.717, 1.165) is 36.7 Å². The second-order valence-corrected chi connectivity index (χ2v) is 7.13. The van der Waals surface area contributed by atoms with Gasteiger partial charge in [0.15, 0.2) is 5.16 Å². The van der Waals surface area contributed by atoms with Crippen LogP contribution in [0.5, 0.6) is 0 Å². The Hall–Kier alpha value is -1.40. The monoisotopic (exact) mass is 319 g/mol. The zero-order valence-electron chi connectivity index (χ0n) is 13.9. The van der Waals surface area contributed by atoms with Crippen molar-refractivity contribution >= 4 is 11.8 Å². The smallest absolute Gasteiger partial charge is 0.187 e. The molecule has 0 radical (unpaired) electrons. The van der Waals surface area contributed by atoms with Crippen LogP contribution in [0, 0.1) is 0 Å². The van der Waals surface area contributed by atoms with Crippen molar-refractivity contribution < 1.29 is 0 Å². The van der Waals surface area contributed by atoms with Crippen LogP contribution in [-0.2, 0) is 20.0 Å². The Labute approximate surface area is 137 Å². The first kappa shape index (κ1) is 17.0. The van der Waals surface area contributed by atoms with Crippen molar-refractivity contribution in [2.45, 2.75) is 43.6 Å². The van der Waals surface area contributed by atoms with Gasteiger partial charge in [-0.2, -0.15) is 5.10 Å². The van der Waals surface area contributed by atoms with Crippen molar-refractivity contribution in [2.24, 2.45) is 7.05 Å². The molecule has 1 atom stereocenters. The Bertz CT molecular complexity index is 566. The van der Waals surface area contributed by atoms with Gasteiger partial charge in [-0.15, -0.1) is 0 Å². The van der Waals surface area contributed by atoms with Crippen molar-refractivity contribution in [3.63, 3.8) is 0 Å². The van der Waals surface area contributed by atoms with Crippen molar-refractivity contribution in [2.75, 3.05) is 13.6 Å². The van der Waals surface area contributed by atoms with E-state index >= 15 is 0 Å². The van der Waals surface area contributed by atoms with Crippen LogP contribution < -0.4 is 0 Å². The summed E-state index contributed by atoms with van der Waals surface area (Å²) in [5.74, 6) is 0. The van der Waals surface area contributed by atoms with E-state index in [0.29, 0.717) is 5.25 Å². The Morgan fingerprint density at radius 1 is 1.23 bits per heavy atom. The number of hydrogen-bond acceptors (Lipinski definition) is 5. The van der Waals surface area contributed by atoms with Crippen LogP contribution in [0.3, 0.4) is 0 Å². The molecule has 0 N–H and O–H groups in total. The number of hydrogen-bond donors (Lipinski definition) is 0. The van der Waals surface area contributed by atoms with Crippen LogP contribution in [0.4, 0.5) is 0 Å². The molecule has 22 heavy (non-hydrogen) atoms. The third-order valence-corrected chi connectivity index (χ3v) is 4.71. The van der Waals surface area contributed by atoms with E-state index in [1.54, 1.807) is 11.8 Å². The van der Waals surface area contributed by atoms with Gasteiger partial charge in [-0.3, -0.25) is 4.68 Å². The Kier molecular flexibility index (Phi) is 6.39. The maximum Gasteiger partial charge on any atom is 0.187 e. The second kappa shape index (κ2) is 8.29. The van der Waals surface area contributed by atoms with Crippen molar-refractivity contribution in [3.8, 4) is 0 Å². The van der Waals surface area contributed by atoms with Gasteiger partial charge in [0, 0.05) is 49.5 Å². The summed E-state index contributed by atoms with van der Waals surface area (Å²) in [6.07, 6.45) is 10.0. The average molecular weight is 319 g/mol. The molecule has 0 bridgehead atoms. The van der Waals surface area contributed by atoms with Crippen molar-refractivity contribution in [1.82, 2.24) is 24.6 Å². The highest BCUT2D eigenvalue weighted by atomic mass is 32.2. The van der Waals surface area contributed by atoms with E-state index in [1.165, 1.54) is 5.56 Å². The second-order valence-electron chi connectivity index (χ2n) is 5.72. The molecule has 2 aromatic rings. The Morgan fingerprint density at radius 3 is 2.55 bits per heavy atom. The molecule has 2 rings (SSSR count). The summed E-state index contributed by atoms with van der Waals surface area (Å²) in [5, 5.41) is 5.63. The number of likely N-dealkylation sites (N-methyl/N-ethyl adjacent to an activating group) is 1. The molecule has 0 fully saturated rings. The predicted octanol–water partition coefficient (Wildman–Crippen LogP) is 2.78. The normalized spacial score (nSPS) is 12.8. The van der Waals surface area contributed by atoms with Gasteiger partial charge in [0.05, 0.1) is 6.20 Å². The Balaban J connectivity index is 1.79. The number of aromatic nitrogens is 4. The summed E-state index contributed by atoms with van der Waals surface area (Å²) >= 11 is 1.74. The lowest BCUT2D eigenvalue weighted by molar-refractivity contribution is 0.330. The van der Waals surface area contributed by atoms with Crippen LogP contribution in [0.1, 0.15) is 31.4 Å². The SMILES string of the molecule is CC[C@H](C)Sc1ncc(CN(C)CCc2cnn(C)c2)cn1. The highest BCUT2D eigenvalue weighted by Gasteiger charge is 2.06. The molecule has 0 saturated heterocycles. The van der Waals surface area contributed by atoms with E-state index < -0.39 is 0 Å². The maximum atomic E-state index is 4.45. The van der Waals surface area contributed by atoms with Crippen LogP contribution >= 0.6 is 11.8 Å².